The van der Waals surface area contributed by atoms with E-state index in [4.69, 9.17) is 5.73 Å². The Kier molecular flexibility index (Phi) is 5.70. The fraction of sp³-hybridized carbons (Fsp3) is 0.105. The Labute approximate surface area is 156 Å². The zero-order chi connectivity index (χ0) is 18.4. The molecule has 0 aliphatic carbocycles. The molecule has 0 atom stereocenters. The van der Waals surface area contributed by atoms with Crippen LogP contribution in [0.25, 0.3) is 11.4 Å². The number of nitrogen functional groups attached to an aromatic ring is 1. The number of benzene rings is 2. The summed E-state index contributed by atoms with van der Waals surface area (Å²) in [6, 6.07) is 16.8. The van der Waals surface area contributed by atoms with Gasteiger partial charge in [-0.1, -0.05) is 36.0 Å². The summed E-state index contributed by atoms with van der Waals surface area (Å²) in [6.45, 7) is 4.34. The third-order valence-electron chi connectivity index (χ3n) is 3.59. The highest BCUT2D eigenvalue weighted by atomic mass is 32.2. The number of nitrogens with two attached hydrogens (primary N) is 1. The minimum Gasteiger partial charge on any atom is -0.399 e. The zero-order valence-electron chi connectivity index (χ0n) is 14.1. The third-order valence-corrected chi connectivity index (χ3v) is 4.55. The summed E-state index contributed by atoms with van der Waals surface area (Å²) in [5.41, 5.74) is 8.12. The first kappa shape index (κ1) is 17.8. The van der Waals surface area contributed by atoms with Crippen LogP contribution in [0.5, 0.6) is 0 Å². The van der Waals surface area contributed by atoms with Crippen molar-refractivity contribution in [3.63, 3.8) is 0 Å². The molecule has 0 unspecified atom stereocenters. The second kappa shape index (κ2) is 8.35. The molecule has 3 rings (SSSR count). The van der Waals surface area contributed by atoms with Gasteiger partial charge in [0.2, 0.25) is 5.91 Å². The van der Waals surface area contributed by atoms with Gasteiger partial charge in [0.25, 0.3) is 0 Å². The van der Waals surface area contributed by atoms with Crippen LogP contribution in [0.1, 0.15) is 0 Å². The Morgan fingerprint density at radius 1 is 1.15 bits per heavy atom. The first-order valence-corrected chi connectivity index (χ1v) is 9.03. The Morgan fingerprint density at radius 2 is 1.88 bits per heavy atom. The number of carbonyl (C=O) groups is 1. The number of thioether (sulfide) groups is 1. The number of rotatable bonds is 7. The lowest BCUT2D eigenvalue weighted by Crippen LogP contribution is -2.14. The molecule has 0 fully saturated rings. The van der Waals surface area contributed by atoms with Crippen LogP contribution < -0.4 is 11.1 Å². The van der Waals surface area contributed by atoms with Crippen molar-refractivity contribution >= 4 is 29.0 Å². The van der Waals surface area contributed by atoms with Crippen LogP contribution in [0.4, 0.5) is 11.4 Å². The van der Waals surface area contributed by atoms with Gasteiger partial charge in [-0.2, -0.15) is 0 Å². The molecule has 26 heavy (non-hydrogen) atoms. The fourth-order valence-electron chi connectivity index (χ4n) is 2.38. The molecule has 0 radical (unpaired) electrons. The third kappa shape index (κ3) is 4.31. The maximum absolute atomic E-state index is 12.1. The van der Waals surface area contributed by atoms with Crippen LogP contribution in [0.3, 0.4) is 0 Å². The highest BCUT2D eigenvalue weighted by Gasteiger charge is 2.15. The Hall–Kier alpha value is -3.06. The lowest BCUT2D eigenvalue weighted by molar-refractivity contribution is -0.113. The number of aromatic nitrogens is 3. The minimum absolute atomic E-state index is 0.0941. The highest BCUT2D eigenvalue weighted by Crippen LogP contribution is 2.25. The summed E-state index contributed by atoms with van der Waals surface area (Å²) in [4.78, 5) is 12.1. The molecule has 0 saturated heterocycles. The van der Waals surface area contributed by atoms with Crippen molar-refractivity contribution in [3.8, 4) is 11.4 Å². The summed E-state index contributed by atoms with van der Waals surface area (Å²) >= 11 is 1.34. The minimum atomic E-state index is -0.0941. The van der Waals surface area contributed by atoms with Crippen molar-refractivity contribution in [3.05, 3.63) is 67.3 Å². The molecule has 7 heteroatoms. The van der Waals surface area contributed by atoms with E-state index >= 15 is 0 Å². The maximum Gasteiger partial charge on any atom is 0.234 e. The predicted molar refractivity (Wildman–Crippen MR) is 106 cm³/mol. The van der Waals surface area contributed by atoms with Gasteiger partial charge in [0, 0.05) is 23.5 Å². The van der Waals surface area contributed by atoms with Gasteiger partial charge in [-0.3, -0.25) is 9.36 Å². The van der Waals surface area contributed by atoms with Crippen molar-refractivity contribution in [2.45, 2.75) is 11.7 Å². The van der Waals surface area contributed by atoms with E-state index in [1.54, 1.807) is 6.08 Å². The molecule has 0 aliphatic heterocycles. The summed E-state index contributed by atoms with van der Waals surface area (Å²) in [5.74, 6) is 0.866. The molecule has 0 bridgehead atoms. The molecule has 0 spiro atoms. The first-order valence-electron chi connectivity index (χ1n) is 8.05. The smallest absolute Gasteiger partial charge is 0.234 e. The van der Waals surface area contributed by atoms with E-state index in [-0.39, 0.29) is 11.7 Å². The lowest BCUT2D eigenvalue weighted by atomic mass is 10.2. The van der Waals surface area contributed by atoms with Crippen LogP contribution in [0.2, 0.25) is 0 Å². The van der Waals surface area contributed by atoms with Gasteiger partial charge in [-0.05, 0) is 36.4 Å². The van der Waals surface area contributed by atoms with Crippen molar-refractivity contribution in [2.24, 2.45) is 0 Å². The fourth-order valence-corrected chi connectivity index (χ4v) is 3.13. The van der Waals surface area contributed by atoms with E-state index in [1.165, 1.54) is 11.8 Å². The molecule has 132 valence electrons. The number of hydrogen-bond acceptors (Lipinski definition) is 5. The van der Waals surface area contributed by atoms with Gasteiger partial charge >= 0.3 is 0 Å². The SMILES string of the molecule is C=CCn1c(SCC(=O)Nc2ccccc2)nnc1-c1ccc(N)cc1. The van der Waals surface area contributed by atoms with E-state index in [0.717, 1.165) is 17.1 Å². The van der Waals surface area contributed by atoms with E-state index in [1.807, 2.05) is 59.2 Å². The molecule has 6 nitrogen and oxygen atoms in total. The Morgan fingerprint density at radius 3 is 2.58 bits per heavy atom. The zero-order valence-corrected chi connectivity index (χ0v) is 14.9. The van der Waals surface area contributed by atoms with E-state index in [0.29, 0.717) is 17.4 Å². The average molecular weight is 365 g/mol. The molecular formula is C19H19N5OS. The van der Waals surface area contributed by atoms with Gasteiger partial charge in [0.1, 0.15) is 0 Å². The number of carbonyl (C=O) groups excluding carboxylic acids is 1. The van der Waals surface area contributed by atoms with Crippen LogP contribution in [-0.2, 0) is 11.3 Å². The molecule has 1 aromatic heterocycles. The number of nitrogens with one attached hydrogen (secondary N) is 1. The number of anilines is 2. The summed E-state index contributed by atoms with van der Waals surface area (Å²) < 4.78 is 1.93. The highest BCUT2D eigenvalue weighted by molar-refractivity contribution is 7.99. The molecule has 0 aliphatic rings. The summed E-state index contributed by atoms with van der Waals surface area (Å²) in [6.07, 6.45) is 1.78. The van der Waals surface area contributed by atoms with Crippen LogP contribution in [0, 0.1) is 0 Å². The Bertz CT molecular complexity index is 890. The quantitative estimate of drug-likeness (QED) is 0.380. The van der Waals surface area contributed by atoms with Crippen molar-refractivity contribution in [1.82, 2.24) is 14.8 Å². The number of nitrogens with zero attached hydrogens (tertiary/aromatic N) is 3. The second-order valence-corrected chi connectivity index (χ2v) is 6.47. The number of para-hydroxylation sites is 1. The number of amides is 1. The van der Waals surface area contributed by atoms with Gasteiger partial charge in [0.05, 0.1) is 5.75 Å². The van der Waals surface area contributed by atoms with Gasteiger partial charge < -0.3 is 11.1 Å². The van der Waals surface area contributed by atoms with Gasteiger partial charge in [-0.25, -0.2) is 0 Å². The van der Waals surface area contributed by atoms with E-state index in [9.17, 15) is 4.79 Å². The number of hydrogen-bond donors (Lipinski definition) is 2. The standard InChI is InChI=1S/C19H19N5OS/c1-2-12-24-18(14-8-10-15(20)11-9-14)22-23-19(24)26-13-17(25)21-16-6-4-3-5-7-16/h2-11H,1,12-13,20H2,(H,21,25). The number of allylic oxidation sites excluding steroid dienone is 1. The molecule has 2 aromatic carbocycles. The average Bonchev–Trinajstić information content (AvgIpc) is 3.05. The summed E-state index contributed by atoms with van der Waals surface area (Å²) in [5, 5.41) is 12.0. The normalized spacial score (nSPS) is 10.5. The monoisotopic (exact) mass is 365 g/mol. The van der Waals surface area contributed by atoms with Crippen LogP contribution >= 0.6 is 11.8 Å². The van der Waals surface area contributed by atoms with Crippen molar-refractivity contribution in [2.75, 3.05) is 16.8 Å². The Balaban J connectivity index is 1.72. The first-order chi connectivity index (χ1) is 12.7. The maximum atomic E-state index is 12.1. The molecule has 1 amide bonds. The van der Waals surface area contributed by atoms with Crippen molar-refractivity contribution in [1.29, 1.82) is 0 Å². The molecule has 0 saturated carbocycles. The molecule has 3 aromatic rings. The molecular weight excluding hydrogens is 346 g/mol. The van der Waals surface area contributed by atoms with Gasteiger partial charge in [0.15, 0.2) is 11.0 Å². The van der Waals surface area contributed by atoms with E-state index < -0.39 is 0 Å². The topological polar surface area (TPSA) is 85.8 Å². The lowest BCUT2D eigenvalue weighted by Gasteiger charge is -2.08. The van der Waals surface area contributed by atoms with Crippen LogP contribution in [-0.4, -0.2) is 26.4 Å². The summed E-state index contributed by atoms with van der Waals surface area (Å²) in [7, 11) is 0. The van der Waals surface area contributed by atoms with E-state index in [2.05, 4.69) is 22.1 Å². The predicted octanol–water partition coefficient (Wildman–Crippen LogP) is 3.44. The van der Waals surface area contributed by atoms with Crippen LogP contribution in [0.15, 0.2) is 72.4 Å². The van der Waals surface area contributed by atoms with Crippen molar-refractivity contribution < 1.29 is 4.79 Å². The second-order valence-electron chi connectivity index (χ2n) is 5.53. The molecule has 1 heterocycles. The van der Waals surface area contributed by atoms with Gasteiger partial charge in [-0.15, -0.1) is 16.8 Å². The largest absolute Gasteiger partial charge is 0.399 e. The molecule has 3 N–H and O–H groups in total.